The van der Waals surface area contributed by atoms with E-state index in [1.54, 1.807) is 6.08 Å². The van der Waals surface area contributed by atoms with E-state index in [9.17, 15) is 0 Å². The zero-order valence-corrected chi connectivity index (χ0v) is 12.1. The van der Waals surface area contributed by atoms with Crippen molar-refractivity contribution in [1.82, 2.24) is 5.32 Å². The molecule has 0 spiro atoms. The van der Waals surface area contributed by atoms with Gasteiger partial charge in [0.2, 0.25) is 0 Å². The van der Waals surface area contributed by atoms with Crippen LogP contribution in [0.1, 0.15) is 19.4 Å². The van der Waals surface area contributed by atoms with Gasteiger partial charge in [0, 0.05) is 18.3 Å². The highest BCUT2D eigenvalue weighted by atomic mass is 32.2. The summed E-state index contributed by atoms with van der Waals surface area (Å²) in [5.41, 5.74) is 1.29. The lowest BCUT2D eigenvalue weighted by Crippen LogP contribution is -2.27. The minimum Gasteiger partial charge on any atom is -0.490 e. The molecule has 0 aliphatic carbocycles. The second-order valence-corrected chi connectivity index (χ2v) is 5.50. The molecule has 0 aliphatic rings. The largest absolute Gasteiger partial charge is 0.490 e. The lowest BCUT2D eigenvalue weighted by molar-refractivity contribution is 0.363. The average molecular weight is 265 g/mol. The number of ether oxygens (including phenoxy) is 1. The Kier molecular flexibility index (Phi) is 7.62. The number of nitrogens with one attached hydrogen (secondary N) is 1. The molecule has 18 heavy (non-hydrogen) atoms. The van der Waals surface area contributed by atoms with E-state index in [1.807, 2.05) is 23.9 Å². The van der Waals surface area contributed by atoms with E-state index in [-0.39, 0.29) is 0 Å². The van der Waals surface area contributed by atoms with Gasteiger partial charge in [0.05, 0.1) is 0 Å². The van der Waals surface area contributed by atoms with Crippen LogP contribution in [-0.4, -0.2) is 24.2 Å². The van der Waals surface area contributed by atoms with Gasteiger partial charge in [-0.05, 0) is 30.4 Å². The number of benzene rings is 1. The van der Waals surface area contributed by atoms with Crippen LogP contribution in [0.5, 0.6) is 5.75 Å². The highest BCUT2D eigenvalue weighted by molar-refractivity contribution is 7.99. The van der Waals surface area contributed by atoms with Crippen molar-refractivity contribution in [1.29, 1.82) is 0 Å². The first-order chi connectivity index (χ1) is 8.76. The van der Waals surface area contributed by atoms with E-state index in [0.717, 1.165) is 18.0 Å². The normalized spacial score (nSPS) is 12.1. The first-order valence-electron chi connectivity index (χ1n) is 6.40. The highest BCUT2D eigenvalue weighted by Crippen LogP contribution is 2.12. The number of thioether (sulfide) groups is 1. The Hall–Kier alpha value is -0.930. The Morgan fingerprint density at radius 3 is 2.72 bits per heavy atom. The Morgan fingerprint density at radius 2 is 2.11 bits per heavy atom. The third-order valence-corrected chi connectivity index (χ3v) is 3.66. The summed E-state index contributed by atoms with van der Waals surface area (Å²) in [6, 6.07) is 8.76. The van der Waals surface area contributed by atoms with Gasteiger partial charge in [0.1, 0.15) is 12.4 Å². The molecule has 0 amide bonds. The first-order valence-corrected chi connectivity index (χ1v) is 7.55. The first kappa shape index (κ1) is 15.1. The third kappa shape index (κ3) is 6.12. The Bertz CT molecular complexity index is 337. The van der Waals surface area contributed by atoms with Crippen LogP contribution >= 0.6 is 11.8 Å². The van der Waals surface area contributed by atoms with Crippen molar-refractivity contribution in [2.24, 2.45) is 0 Å². The maximum atomic E-state index is 5.45. The van der Waals surface area contributed by atoms with Crippen LogP contribution in [0.3, 0.4) is 0 Å². The zero-order valence-electron chi connectivity index (χ0n) is 11.3. The van der Waals surface area contributed by atoms with Crippen molar-refractivity contribution >= 4 is 11.8 Å². The van der Waals surface area contributed by atoms with E-state index in [4.69, 9.17) is 4.74 Å². The molecule has 100 valence electrons. The molecule has 1 atom stereocenters. The summed E-state index contributed by atoms with van der Waals surface area (Å²) in [5.74, 6) is 3.24. The Balaban J connectivity index is 2.32. The fourth-order valence-corrected chi connectivity index (χ4v) is 2.21. The molecule has 1 aromatic rings. The molecule has 0 aromatic heterocycles. The number of hydrogen-bond donors (Lipinski definition) is 1. The van der Waals surface area contributed by atoms with E-state index in [0.29, 0.717) is 12.6 Å². The maximum absolute atomic E-state index is 5.45. The number of rotatable bonds is 9. The molecule has 0 saturated carbocycles. The quantitative estimate of drug-likeness (QED) is 0.691. The predicted molar refractivity (Wildman–Crippen MR) is 81.4 cm³/mol. The second kappa shape index (κ2) is 9.06. The van der Waals surface area contributed by atoms with Gasteiger partial charge in [-0.25, -0.2) is 0 Å². The molecule has 0 fully saturated rings. The van der Waals surface area contributed by atoms with Gasteiger partial charge in [-0.15, -0.1) is 0 Å². The van der Waals surface area contributed by atoms with E-state index in [2.05, 4.69) is 37.9 Å². The van der Waals surface area contributed by atoms with Gasteiger partial charge in [-0.2, -0.15) is 11.8 Å². The van der Waals surface area contributed by atoms with Gasteiger partial charge < -0.3 is 10.1 Å². The summed E-state index contributed by atoms with van der Waals surface area (Å²) in [7, 11) is 0. The van der Waals surface area contributed by atoms with Crippen LogP contribution in [0.25, 0.3) is 0 Å². The molecule has 1 N–H and O–H groups in total. The molecular weight excluding hydrogens is 242 g/mol. The lowest BCUT2D eigenvalue weighted by Gasteiger charge is -2.13. The van der Waals surface area contributed by atoms with Crippen LogP contribution in [-0.2, 0) is 6.54 Å². The van der Waals surface area contributed by atoms with Gasteiger partial charge in [0.15, 0.2) is 0 Å². The molecule has 3 heteroatoms. The number of hydrogen-bond acceptors (Lipinski definition) is 3. The molecule has 0 radical (unpaired) electrons. The predicted octanol–water partition coefficient (Wildman–Crippen LogP) is 3.48. The van der Waals surface area contributed by atoms with Crippen LogP contribution in [0.2, 0.25) is 0 Å². The van der Waals surface area contributed by atoms with Crippen molar-refractivity contribution in [3.8, 4) is 5.75 Å². The molecule has 1 rings (SSSR count). The lowest BCUT2D eigenvalue weighted by atomic mass is 10.2. The fourth-order valence-electron chi connectivity index (χ4n) is 1.50. The Morgan fingerprint density at radius 1 is 1.39 bits per heavy atom. The van der Waals surface area contributed by atoms with E-state index >= 15 is 0 Å². The summed E-state index contributed by atoms with van der Waals surface area (Å²) in [4.78, 5) is 0. The van der Waals surface area contributed by atoms with Gasteiger partial charge in [-0.1, -0.05) is 31.7 Å². The minimum atomic E-state index is 0.548. The van der Waals surface area contributed by atoms with Crippen LogP contribution in [0.15, 0.2) is 36.9 Å². The molecule has 0 heterocycles. The Labute approximate surface area is 115 Å². The maximum Gasteiger partial charge on any atom is 0.119 e. The van der Waals surface area contributed by atoms with Crippen molar-refractivity contribution in [2.45, 2.75) is 26.4 Å². The summed E-state index contributed by atoms with van der Waals surface area (Å²) in [6.07, 6.45) is 1.75. The topological polar surface area (TPSA) is 21.3 Å². The summed E-state index contributed by atoms with van der Waals surface area (Å²) in [5, 5.41) is 3.52. The smallest absolute Gasteiger partial charge is 0.119 e. The van der Waals surface area contributed by atoms with Crippen molar-refractivity contribution < 1.29 is 4.74 Å². The van der Waals surface area contributed by atoms with Crippen molar-refractivity contribution in [3.63, 3.8) is 0 Å². The summed E-state index contributed by atoms with van der Waals surface area (Å²) < 4.78 is 5.45. The highest BCUT2D eigenvalue weighted by Gasteiger charge is 2.01. The SMILES string of the molecule is C=CCOc1ccc(CNC(C)CSCC)cc1. The molecule has 0 aliphatic heterocycles. The molecule has 1 aromatic carbocycles. The minimum absolute atomic E-state index is 0.548. The van der Waals surface area contributed by atoms with Gasteiger partial charge in [0.25, 0.3) is 0 Å². The molecule has 1 unspecified atom stereocenters. The van der Waals surface area contributed by atoms with E-state index in [1.165, 1.54) is 11.3 Å². The fraction of sp³-hybridized carbons (Fsp3) is 0.467. The standard InChI is InChI=1S/C15H23NOS/c1-4-10-17-15-8-6-14(7-9-15)11-16-13(3)12-18-5-2/h4,6-9,13,16H,1,5,10-12H2,2-3H3. The van der Waals surface area contributed by atoms with Crippen molar-refractivity contribution in [2.75, 3.05) is 18.1 Å². The average Bonchev–Trinajstić information content (AvgIpc) is 2.41. The third-order valence-electron chi connectivity index (χ3n) is 2.52. The molecule has 0 bridgehead atoms. The molecule has 2 nitrogen and oxygen atoms in total. The monoisotopic (exact) mass is 265 g/mol. The summed E-state index contributed by atoms with van der Waals surface area (Å²) in [6.45, 7) is 9.52. The van der Waals surface area contributed by atoms with Crippen LogP contribution in [0, 0.1) is 0 Å². The van der Waals surface area contributed by atoms with E-state index < -0.39 is 0 Å². The van der Waals surface area contributed by atoms with Gasteiger partial charge >= 0.3 is 0 Å². The van der Waals surface area contributed by atoms with Crippen LogP contribution in [0.4, 0.5) is 0 Å². The zero-order chi connectivity index (χ0) is 13.2. The summed E-state index contributed by atoms with van der Waals surface area (Å²) >= 11 is 1.97. The van der Waals surface area contributed by atoms with Crippen molar-refractivity contribution in [3.05, 3.63) is 42.5 Å². The van der Waals surface area contributed by atoms with Gasteiger partial charge in [-0.3, -0.25) is 0 Å². The molecule has 0 saturated heterocycles. The molecular formula is C15H23NOS. The van der Waals surface area contributed by atoms with Crippen LogP contribution < -0.4 is 10.1 Å². The second-order valence-electron chi connectivity index (χ2n) is 4.19.